The van der Waals surface area contributed by atoms with Gasteiger partial charge in [0.15, 0.2) is 0 Å². The zero-order valence-corrected chi connectivity index (χ0v) is 9.53. The number of aryl methyl sites for hydroxylation is 1. The summed E-state index contributed by atoms with van der Waals surface area (Å²) in [6.45, 7) is 2.16. The van der Waals surface area contributed by atoms with Crippen LogP contribution in [0.15, 0.2) is 35.7 Å². The summed E-state index contributed by atoms with van der Waals surface area (Å²) in [4.78, 5) is 1.16. The van der Waals surface area contributed by atoms with Crippen LogP contribution in [-0.2, 0) is 6.42 Å². The quantitative estimate of drug-likeness (QED) is 0.695. The summed E-state index contributed by atoms with van der Waals surface area (Å²) in [5.41, 5.74) is 2.57. The van der Waals surface area contributed by atoms with E-state index in [2.05, 4.69) is 31.2 Å². The second kappa shape index (κ2) is 4.16. The summed E-state index contributed by atoms with van der Waals surface area (Å²) in [6.07, 6.45) is 1.08. The lowest BCUT2D eigenvalue weighted by Crippen LogP contribution is -1.79. The Morgan fingerprint density at radius 3 is 2.36 bits per heavy atom. The van der Waals surface area contributed by atoms with Crippen molar-refractivity contribution < 1.29 is 0 Å². The molecule has 0 bridgehead atoms. The second-order valence-electron chi connectivity index (χ2n) is 3.15. The molecule has 1 heterocycles. The van der Waals surface area contributed by atoms with Crippen LogP contribution >= 0.6 is 22.9 Å². The van der Waals surface area contributed by atoms with E-state index < -0.39 is 0 Å². The fraction of sp³-hybridized carbons (Fsp3) is 0.167. The van der Waals surface area contributed by atoms with Gasteiger partial charge in [0.2, 0.25) is 0 Å². The second-order valence-corrected chi connectivity index (χ2v) is 4.47. The Balaban J connectivity index is 2.39. The lowest BCUT2D eigenvalue weighted by atomic mass is 10.1. The molecule has 0 fully saturated rings. The summed E-state index contributed by atoms with van der Waals surface area (Å²) < 4.78 is 0. The third-order valence-corrected chi connectivity index (χ3v) is 3.63. The van der Waals surface area contributed by atoms with E-state index in [1.807, 2.05) is 11.4 Å². The van der Waals surface area contributed by atoms with Crippen LogP contribution in [0.5, 0.6) is 0 Å². The Kier molecular flexibility index (Phi) is 2.90. The van der Waals surface area contributed by atoms with Crippen LogP contribution in [0, 0.1) is 0 Å². The highest BCUT2D eigenvalue weighted by molar-refractivity contribution is 7.14. The van der Waals surface area contributed by atoms with Crippen LogP contribution in [0.4, 0.5) is 0 Å². The normalized spacial score (nSPS) is 10.4. The summed E-state index contributed by atoms with van der Waals surface area (Å²) in [5, 5.41) is 2.87. The van der Waals surface area contributed by atoms with Crippen molar-refractivity contribution in [3.8, 4) is 10.4 Å². The highest BCUT2D eigenvalue weighted by Gasteiger charge is 2.03. The molecule has 0 nitrogen and oxygen atoms in total. The molecule has 0 aliphatic carbocycles. The van der Waals surface area contributed by atoms with Crippen LogP contribution in [0.3, 0.4) is 0 Å². The van der Waals surface area contributed by atoms with E-state index in [0.717, 1.165) is 16.3 Å². The highest BCUT2D eigenvalue weighted by Crippen LogP contribution is 2.33. The molecule has 0 spiro atoms. The number of rotatable bonds is 2. The van der Waals surface area contributed by atoms with Gasteiger partial charge in [-0.15, -0.1) is 11.3 Å². The molecule has 0 N–H and O–H groups in total. The van der Waals surface area contributed by atoms with Crippen molar-refractivity contribution in [2.24, 2.45) is 0 Å². The number of hydrogen-bond donors (Lipinski definition) is 0. The lowest BCUT2D eigenvalue weighted by molar-refractivity contribution is 1.14. The molecule has 2 heteroatoms. The molecule has 1 aromatic heterocycles. The molecule has 0 aliphatic rings. The van der Waals surface area contributed by atoms with Gasteiger partial charge < -0.3 is 0 Å². The smallest absolute Gasteiger partial charge is 0.0592 e. The minimum absolute atomic E-state index is 0.847. The lowest BCUT2D eigenvalue weighted by Gasteiger charge is -2.00. The maximum atomic E-state index is 6.06. The molecule has 0 unspecified atom stereocenters. The first kappa shape index (κ1) is 9.75. The zero-order valence-electron chi connectivity index (χ0n) is 7.96. The van der Waals surface area contributed by atoms with Crippen molar-refractivity contribution in [1.29, 1.82) is 0 Å². The summed E-state index contributed by atoms with van der Waals surface area (Å²) in [6, 6.07) is 10.5. The molecule has 0 radical (unpaired) electrons. The Morgan fingerprint density at radius 1 is 1.14 bits per heavy atom. The van der Waals surface area contributed by atoms with Crippen LogP contribution in [0.25, 0.3) is 10.4 Å². The first-order chi connectivity index (χ1) is 6.81. The molecular formula is C12H11ClS. The monoisotopic (exact) mass is 222 g/mol. The van der Waals surface area contributed by atoms with Crippen LogP contribution in [0.1, 0.15) is 12.5 Å². The minimum atomic E-state index is 0.847. The van der Waals surface area contributed by atoms with Gasteiger partial charge in [-0.25, -0.2) is 0 Å². The average molecular weight is 223 g/mol. The van der Waals surface area contributed by atoms with Gasteiger partial charge in [0.25, 0.3) is 0 Å². The number of hydrogen-bond acceptors (Lipinski definition) is 1. The molecular weight excluding hydrogens is 212 g/mol. The van der Waals surface area contributed by atoms with Gasteiger partial charge in [-0.2, -0.15) is 0 Å². The van der Waals surface area contributed by atoms with Crippen molar-refractivity contribution in [3.05, 3.63) is 46.3 Å². The summed E-state index contributed by atoms with van der Waals surface area (Å²) in [5.74, 6) is 0. The average Bonchev–Trinajstić information content (AvgIpc) is 2.65. The third kappa shape index (κ3) is 1.84. The van der Waals surface area contributed by atoms with Gasteiger partial charge in [0, 0.05) is 0 Å². The molecule has 0 saturated carbocycles. The first-order valence-electron chi connectivity index (χ1n) is 4.63. The Labute approximate surface area is 93.2 Å². The maximum absolute atomic E-state index is 6.06. The van der Waals surface area contributed by atoms with Crippen molar-refractivity contribution >= 4 is 22.9 Å². The minimum Gasteiger partial charge on any atom is -0.142 e. The maximum Gasteiger partial charge on any atom is 0.0592 e. The predicted octanol–water partition coefficient (Wildman–Crippen LogP) is 4.63. The van der Waals surface area contributed by atoms with Crippen molar-refractivity contribution in [2.75, 3.05) is 0 Å². The topological polar surface area (TPSA) is 0 Å². The number of benzene rings is 1. The molecule has 2 rings (SSSR count). The van der Waals surface area contributed by atoms with E-state index in [0.29, 0.717) is 0 Å². The summed E-state index contributed by atoms with van der Waals surface area (Å²) >= 11 is 7.74. The number of halogens is 1. The van der Waals surface area contributed by atoms with Crippen LogP contribution in [-0.4, -0.2) is 0 Å². The van der Waals surface area contributed by atoms with E-state index in [4.69, 9.17) is 11.6 Å². The van der Waals surface area contributed by atoms with Crippen molar-refractivity contribution in [2.45, 2.75) is 13.3 Å². The van der Waals surface area contributed by atoms with Gasteiger partial charge in [-0.3, -0.25) is 0 Å². The van der Waals surface area contributed by atoms with Gasteiger partial charge in [0.05, 0.1) is 9.90 Å². The predicted molar refractivity (Wildman–Crippen MR) is 64.1 cm³/mol. The highest BCUT2D eigenvalue weighted by atomic mass is 35.5. The molecule has 0 saturated heterocycles. The van der Waals surface area contributed by atoms with E-state index >= 15 is 0 Å². The Morgan fingerprint density at radius 2 is 1.86 bits per heavy atom. The molecule has 2 aromatic rings. The zero-order chi connectivity index (χ0) is 9.97. The molecule has 0 amide bonds. The Hall–Kier alpha value is -0.790. The fourth-order valence-electron chi connectivity index (χ4n) is 1.39. The van der Waals surface area contributed by atoms with Gasteiger partial charge >= 0.3 is 0 Å². The summed E-state index contributed by atoms with van der Waals surface area (Å²) in [7, 11) is 0. The van der Waals surface area contributed by atoms with E-state index in [1.165, 1.54) is 11.1 Å². The van der Waals surface area contributed by atoms with Gasteiger partial charge in [-0.1, -0.05) is 42.8 Å². The molecule has 72 valence electrons. The van der Waals surface area contributed by atoms with Gasteiger partial charge in [0.1, 0.15) is 0 Å². The van der Waals surface area contributed by atoms with Gasteiger partial charge in [-0.05, 0) is 29.0 Å². The van der Waals surface area contributed by atoms with E-state index in [9.17, 15) is 0 Å². The number of thiophene rings is 1. The molecule has 1 aromatic carbocycles. The van der Waals surface area contributed by atoms with Crippen LogP contribution < -0.4 is 0 Å². The van der Waals surface area contributed by atoms with Crippen LogP contribution in [0.2, 0.25) is 5.02 Å². The first-order valence-corrected chi connectivity index (χ1v) is 5.89. The molecule has 14 heavy (non-hydrogen) atoms. The largest absolute Gasteiger partial charge is 0.142 e. The standard InChI is InChI=1S/C12H11ClS/c1-2-9-3-5-10(6-4-9)12-11(13)7-8-14-12/h3-8H,2H2,1H3. The fourth-order valence-corrected chi connectivity index (χ4v) is 2.56. The molecule has 0 atom stereocenters. The third-order valence-electron chi connectivity index (χ3n) is 2.24. The molecule has 0 aliphatic heterocycles. The van der Waals surface area contributed by atoms with E-state index in [1.54, 1.807) is 11.3 Å². The SMILES string of the molecule is CCc1ccc(-c2sccc2Cl)cc1. The van der Waals surface area contributed by atoms with Crippen molar-refractivity contribution in [1.82, 2.24) is 0 Å². The van der Waals surface area contributed by atoms with Crippen molar-refractivity contribution in [3.63, 3.8) is 0 Å². The Bertz CT molecular complexity index is 414. The van der Waals surface area contributed by atoms with E-state index in [-0.39, 0.29) is 0 Å².